The standard InChI is InChI=1S/C10H16N2O11P2/c1-5-3-12(10(15)11-9(5)14)8-2-6(13)7(22-8)4-21-25(19,20)23-24(16,17)18/h3,6-8,13H,2,4H2,1H3,(H,19,20)(H,11,14,15)(H2,16,17,18)/t6-,7+,8-/m1/s1. The van der Waals surface area contributed by atoms with Crippen molar-refractivity contribution in [2.75, 3.05) is 6.61 Å². The fourth-order valence-corrected chi connectivity index (χ4v) is 3.76. The molecule has 0 bridgehead atoms. The highest BCUT2D eigenvalue weighted by atomic mass is 31.3. The van der Waals surface area contributed by atoms with Gasteiger partial charge in [-0.15, -0.1) is 0 Å². The Morgan fingerprint density at radius 2 is 2.00 bits per heavy atom. The first-order chi connectivity index (χ1) is 11.4. The van der Waals surface area contributed by atoms with E-state index in [9.17, 15) is 28.7 Å². The van der Waals surface area contributed by atoms with E-state index in [1.807, 2.05) is 0 Å². The monoisotopic (exact) mass is 402 g/mol. The molecule has 1 aliphatic rings. The summed E-state index contributed by atoms with van der Waals surface area (Å²) in [6, 6.07) is 0. The second-order valence-corrected chi connectivity index (χ2v) is 8.08. The van der Waals surface area contributed by atoms with Crippen LogP contribution in [-0.2, 0) is 22.7 Å². The fraction of sp³-hybridized carbons (Fsp3) is 0.600. The summed E-state index contributed by atoms with van der Waals surface area (Å²) in [6.07, 6.45) is -2.22. The summed E-state index contributed by atoms with van der Waals surface area (Å²) >= 11 is 0. The number of nitrogens with one attached hydrogen (secondary N) is 1. The number of nitrogens with zero attached hydrogens (tertiary/aromatic N) is 1. The number of aliphatic hydroxyl groups excluding tert-OH is 1. The van der Waals surface area contributed by atoms with Crippen LogP contribution in [0.25, 0.3) is 0 Å². The van der Waals surface area contributed by atoms with Gasteiger partial charge in [-0.3, -0.25) is 18.9 Å². The van der Waals surface area contributed by atoms with Crippen molar-refractivity contribution in [2.24, 2.45) is 0 Å². The van der Waals surface area contributed by atoms with Gasteiger partial charge < -0.3 is 24.5 Å². The predicted molar refractivity (Wildman–Crippen MR) is 79.5 cm³/mol. The molecule has 25 heavy (non-hydrogen) atoms. The third-order valence-electron chi connectivity index (χ3n) is 3.27. The first-order valence-corrected chi connectivity index (χ1v) is 9.80. The SMILES string of the molecule is Cc1cn([C@H]2C[C@@H](O)[C@H](COP(=O)(O)OP(=O)(O)O)O2)c(=O)[nH]c1=O. The number of hydrogen-bond acceptors (Lipinski definition) is 8. The van der Waals surface area contributed by atoms with Crippen molar-refractivity contribution >= 4 is 15.6 Å². The summed E-state index contributed by atoms with van der Waals surface area (Å²) in [5, 5.41) is 9.91. The van der Waals surface area contributed by atoms with E-state index in [2.05, 4.69) is 13.8 Å². The van der Waals surface area contributed by atoms with Crippen LogP contribution < -0.4 is 11.2 Å². The Hall–Kier alpha value is -1.14. The van der Waals surface area contributed by atoms with Crippen LogP contribution in [0.5, 0.6) is 0 Å². The normalized spacial score (nSPS) is 26.5. The second-order valence-electron chi connectivity index (χ2n) is 5.25. The maximum absolute atomic E-state index is 11.8. The van der Waals surface area contributed by atoms with Crippen LogP contribution in [0.3, 0.4) is 0 Å². The van der Waals surface area contributed by atoms with Gasteiger partial charge in [0.2, 0.25) is 0 Å². The summed E-state index contributed by atoms with van der Waals surface area (Å²) in [7, 11) is -10.3. The lowest BCUT2D eigenvalue weighted by Gasteiger charge is -2.18. The predicted octanol–water partition coefficient (Wildman–Crippen LogP) is -1.28. The average molecular weight is 402 g/mol. The summed E-state index contributed by atoms with van der Waals surface area (Å²) in [4.78, 5) is 51.4. The molecule has 0 radical (unpaired) electrons. The molecule has 142 valence electrons. The van der Waals surface area contributed by atoms with E-state index in [-0.39, 0.29) is 12.0 Å². The molecule has 4 atom stereocenters. The molecule has 13 nitrogen and oxygen atoms in total. The van der Waals surface area contributed by atoms with Crippen LogP contribution in [-0.4, -0.2) is 48.2 Å². The highest BCUT2D eigenvalue weighted by molar-refractivity contribution is 7.60. The molecule has 1 aromatic rings. The summed E-state index contributed by atoms with van der Waals surface area (Å²) < 4.78 is 36.3. The number of aromatic amines is 1. The van der Waals surface area contributed by atoms with Crippen LogP contribution in [0.2, 0.25) is 0 Å². The van der Waals surface area contributed by atoms with Crippen LogP contribution in [0, 0.1) is 6.92 Å². The van der Waals surface area contributed by atoms with Crippen LogP contribution in [0.4, 0.5) is 0 Å². The highest BCUT2D eigenvalue weighted by Gasteiger charge is 2.39. The smallest absolute Gasteiger partial charge is 0.390 e. The number of phosphoric ester groups is 1. The van der Waals surface area contributed by atoms with E-state index >= 15 is 0 Å². The Balaban J connectivity index is 2.06. The Bertz CT molecular complexity index is 842. The summed E-state index contributed by atoms with van der Waals surface area (Å²) in [6.45, 7) is 0.727. The Labute approximate surface area is 139 Å². The van der Waals surface area contributed by atoms with Gasteiger partial charge in [-0.1, -0.05) is 0 Å². The van der Waals surface area contributed by atoms with Crippen molar-refractivity contribution in [3.8, 4) is 0 Å². The Morgan fingerprint density at radius 1 is 1.36 bits per heavy atom. The van der Waals surface area contributed by atoms with Crippen molar-refractivity contribution in [3.05, 3.63) is 32.6 Å². The number of phosphoric acid groups is 2. The molecule has 0 saturated carbocycles. The molecule has 2 rings (SSSR count). The largest absolute Gasteiger partial charge is 0.481 e. The molecule has 15 heteroatoms. The van der Waals surface area contributed by atoms with Gasteiger partial charge in [0.15, 0.2) is 0 Å². The quantitative estimate of drug-likeness (QED) is 0.355. The molecular formula is C10H16N2O11P2. The number of hydrogen-bond donors (Lipinski definition) is 5. The lowest BCUT2D eigenvalue weighted by molar-refractivity contribution is -0.0450. The van der Waals surface area contributed by atoms with Gasteiger partial charge in [0, 0.05) is 18.2 Å². The van der Waals surface area contributed by atoms with Crippen molar-refractivity contribution < 1.29 is 42.5 Å². The van der Waals surface area contributed by atoms with E-state index in [0.29, 0.717) is 0 Å². The molecular weight excluding hydrogens is 386 g/mol. The lowest BCUT2D eigenvalue weighted by atomic mass is 10.2. The number of aryl methyl sites for hydroxylation is 1. The van der Waals surface area contributed by atoms with Crippen molar-refractivity contribution in [3.63, 3.8) is 0 Å². The average Bonchev–Trinajstić information content (AvgIpc) is 2.79. The van der Waals surface area contributed by atoms with E-state index in [0.717, 1.165) is 4.57 Å². The lowest BCUT2D eigenvalue weighted by Crippen LogP contribution is -2.33. The van der Waals surface area contributed by atoms with Gasteiger partial charge in [0.1, 0.15) is 12.3 Å². The first kappa shape index (κ1) is 20.2. The second kappa shape index (κ2) is 7.23. The molecule has 0 aromatic carbocycles. The third kappa shape index (κ3) is 5.42. The van der Waals surface area contributed by atoms with Gasteiger partial charge in [-0.2, -0.15) is 4.31 Å². The highest BCUT2D eigenvalue weighted by Crippen LogP contribution is 2.57. The molecule has 0 spiro atoms. The van der Waals surface area contributed by atoms with Crippen LogP contribution in [0.1, 0.15) is 18.2 Å². The van der Waals surface area contributed by atoms with Gasteiger partial charge in [-0.05, 0) is 6.92 Å². The van der Waals surface area contributed by atoms with Crippen LogP contribution >= 0.6 is 15.6 Å². The summed E-state index contributed by atoms with van der Waals surface area (Å²) in [5.74, 6) is 0. The molecule has 1 aromatic heterocycles. The van der Waals surface area contributed by atoms with E-state index in [1.165, 1.54) is 13.1 Å². The van der Waals surface area contributed by atoms with Gasteiger partial charge in [0.05, 0.1) is 12.7 Å². The molecule has 0 amide bonds. The summed E-state index contributed by atoms with van der Waals surface area (Å²) in [5.41, 5.74) is -1.12. The maximum Gasteiger partial charge on any atom is 0.481 e. The number of aliphatic hydroxyl groups is 1. The zero-order chi connectivity index (χ0) is 19.0. The fourth-order valence-electron chi connectivity index (χ4n) is 2.16. The molecule has 2 heterocycles. The number of ether oxygens (including phenoxy) is 1. The van der Waals surface area contributed by atoms with Crippen molar-refractivity contribution in [1.29, 1.82) is 0 Å². The molecule has 1 fully saturated rings. The first-order valence-electron chi connectivity index (χ1n) is 6.78. The minimum atomic E-state index is -5.26. The zero-order valence-corrected chi connectivity index (χ0v) is 14.5. The van der Waals surface area contributed by atoms with E-state index in [1.54, 1.807) is 0 Å². The topological polar surface area (TPSA) is 198 Å². The molecule has 5 N–H and O–H groups in total. The van der Waals surface area contributed by atoms with Crippen LogP contribution in [0.15, 0.2) is 15.8 Å². The van der Waals surface area contributed by atoms with Gasteiger partial charge in [-0.25, -0.2) is 13.9 Å². The molecule has 1 saturated heterocycles. The minimum Gasteiger partial charge on any atom is -0.390 e. The number of H-pyrrole nitrogens is 1. The number of rotatable bonds is 6. The van der Waals surface area contributed by atoms with Crippen molar-refractivity contribution in [1.82, 2.24) is 9.55 Å². The Kier molecular flexibility index (Phi) is 5.84. The minimum absolute atomic E-state index is 0.0888. The van der Waals surface area contributed by atoms with Crippen molar-refractivity contribution in [2.45, 2.75) is 31.8 Å². The zero-order valence-electron chi connectivity index (χ0n) is 12.7. The molecule has 1 aliphatic heterocycles. The third-order valence-corrected chi connectivity index (χ3v) is 5.42. The van der Waals surface area contributed by atoms with E-state index in [4.69, 9.17) is 14.5 Å². The molecule has 0 aliphatic carbocycles. The van der Waals surface area contributed by atoms with Gasteiger partial charge in [0.25, 0.3) is 5.56 Å². The van der Waals surface area contributed by atoms with Gasteiger partial charge >= 0.3 is 21.3 Å². The maximum atomic E-state index is 11.8. The van der Waals surface area contributed by atoms with E-state index < -0.39 is 51.9 Å². The molecule has 1 unspecified atom stereocenters. The number of aromatic nitrogens is 2. The Morgan fingerprint density at radius 3 is 2.60 bits per heavy atom.